The van der Waals surface area contributed by atoms with Gasteiger partial charge in [0, 0.05) is 18.0 Å². The van der Waals surface area contributed by atoms with E-state index in [1.54, 1.807) is 0 Å². The van der Waals surface area contributed by atoms with Gasteiger partial charge in [-0.3, -0.25) is 4.68 Å². The van der Waals surface area contributed by atoms with Crippen LogP contribution in [-0.2, 0) is 25.8 Å². The summed E-state index contributed by atoms with van der Waals surface area (Å²) in [6.07, 6.45) is 1.59. The van der Waals surface area contributed by atoms with Crippen molar-refractivity contribution in [2.75, 3.05) is 0 Å². The fourth-order valence-corrected chi connectivity index (χ4v) is 3.38. The highest BCUT2D eigenvalue weighted by Gasteiger charge is 2.17. The van der Waals surface area contributed by atoms with Gasteiger partial charge in [-0.15, -0.1) is 0 Å². The first-order chi connectivity index (χ1) is 10.0. The van der Waals surface area contributed by atoms with E-state index >= 15 is 0 Å². The zero-order chi connectivity index (χ0) is 15.4. The molecule has 0 amide bonds. The molecule has 0 saturated heterocycles. The Morgan fingerprint density at radius 2 is 2.10 bits per heavy atom. The van der Waals surface area contributed by atoms with E-state index in [1.807, 2.05) is 28.9 Å². The second-order valence-electron chi connectivity index (χ2n) is 5.07. The minimum absolute atomic E-state index is 0.452. The van der Waals surface area contributed by atoms with E-state index < -0.39 is 6.10 Å². The van der Waals surface area contributed by atoms with Gasteiger partial charge in [0.2, 0.25) is 0 Å². The topological polar surface area (TPSA) is 38.0 Å². The molecular weight excluding hydrogens is 352 g/mol. The largest absolute Gasteiger partial charge is 0.392 e. The Morgan fingerprint density at radius 3 is 2.71 bits per heavy atom. The number of nitrogens with zero attached hydrogens (tertiary/aromatic N) is 2. The molecule has 21 heavy (non-hydrogen) atoms. The van der Waals surface area contributed by atoms with Crippen molar-refractivity contribution < 1.29 is 5.11 Å². The van der Waals surface area contributed by atoms with Crippen molar-refractivity contribution in [3.8, 4) is 0 Å². The molecule has 1 aromatic heterocycles. The van der Waals surface area contributed by atoms with E-state index in [4.69, 9.17) is 11.6 Å². The SMILES string of the molecule is CCc1nn(CC)c(CC(O)Cc2cccc(Cl)c2)c1Br. The van der Waals surface area contributed by atoms with Gasteiger partial charge >= 0.3 is 0 Å². The van der Waals surface area contributed by atoms with Crippen molar-refractivity contribution >= 4 is 27.5 Å². The van der Waals surface area contributed by atoms with E-state index in [0.717, 1.165) is 34.4 Å². The smallest absolute Gasteiger partial charge is 0.0766 e. The van der Waals surface area contributed by atoms with Gasteiger partial charge in [-0.2, -0.15) is 5.10 Å². The highest BCUT2D eigenvalue weighted by Crippen LogP contribution is 2.24. The molecule has 0 spiro atoms. The summed E-state index contributed by atoms with van der Waals surface area (Å²) in [6, 6.07) is 7.63. The van der Waals surface area contributed by atoms with Gasteiger partial charge in [-0.25, -0.2) is 0 Å². The number of hydrogen-bond donors (Lipinski definition) is 1. The first-order valence-corrected chi connectivity index (χ1v) is 8.38. The maximum absolute atomic E-state index is 10.4. The molecule has 5 heteroatoms. The summed E-state index contributed by atoms with van der Waals surface area (Å²) >= 11 is 9.59. The first kappa shape index (κ1) is 16.5. The number of aromatic nitrogens is 2. The molecule has 0 aliphatic rings. The Bertz CT molecular complexity index is 612. The molecule has 2 aromatic rings. The van der Waals surface area contributed by atoms with Crippen LogP contribution >= 0.6 is 27.5 Å². The van der Waals surface area contributed by atoms with Gasteiger partial charge in [0.1, 0.15) is 0 Å². The lowest BCUT2D eigenvalue weighted by Gasteiger charge is -2.12. The molecular formula is C16H20BrClN2O. The number of halogens is 2. The Labute approximate surface area is 139 Å². The van der Waals surface area contributed by atoms with Crippen molar-refractivity contribution in [2.24, 2.45) is 0 Å². The van der Waals surface area contributed by atoms with E-state index in [0.29, 0.717) is 17.9 Å². The third-order valence-electron chi connectivity index (χ3n) is 3.48. The fourth-order valence-electron chi connectivity index (χ4n) is 2.44. The second kappa shape index (κ2) is 7.43. The summed E-state index contributed by atoms with van der Waals surface area (Å²) in [5, 5.41) is 15.6. The molecule has 1 unspecified atom stereocenters. The summed E-state index contributed by atoms with van der Waals surface area (Å²) in [7, 11) is 0. The van der Waals surface area contributed by atoms with Crippen LogP contribution in [-0.4, -0.2) is 21.0 Å². The fraction of sp³-hybridized carbons (Fsp3) is 0.438. The molecule has 0 saturated carbocycles. The highest BCUT2D eigenvalue weighted by atomic mass is 79.9. The van der Waals surface area contributed by atoms with Crippen molar-refractivity contribution in [3.05, 3.63) is 50.7 Å². The molecule has 0 aliphatic heterocycles. The highest BCUT2D eigenvalue weighted by molar-refractivity contribution is 9.10. The number of aliphatic hydroxyl groups is 1. The molecule has 3 nitrogen and oxygen atoms in total. The number of aryl methyl sites for hydroxylation is 2. The Kier molecular flexibility index (Phi) is 5.85. The molecule has 1 heterocycles. The standard InChI is InChI=1S/C16H20BrClN2O/c1-3-14-16(17)15(20(4-2)19-14)10-13(21)9-11-6-5-7-12(18)8-11/h5-8,13,21H,3-4,9-10H2,1-2H3. The molecule has 114 valence electrons. The first-order valence-electron chi connectivity index (χ1n) is 7.21. The molecule has 0 bridgehead atoms. The van der Waals surface area contributed by atoms with Gasteiger partial charge < -0.3 is 5.11 Å². The summed E-state index contributed by atoms with van der Waals surface area (Å²) in [5.74, 6) is 0. The minimum atomic E-state index is -0.452. The van der Waals surface area contributed by atoms with Crippen molar-refractivity contribution in [1.82, 2.24) is 9.78 Å². The maximum atomic E-state index is 10.4. The van der Waals surface area contributed by atoms with Crippen LogP contribution in [0.25, 0.3) is 0 Å². The molecule has 0 aliphatic carbocycles. The van der Waals surface area contributed by atoms with E-state index in [1.165, 1.54) is 0 Å². The van der Waals surface area contributed by atoms with Crippen molar-refractivity contribution in [3.63, 3.8) is 0 Å². The van der Waals surface area contributed by atoms with Gasteiger partial charge in [-0.05, 0) is 53.4 Å². The summed E-state index contributed by atoms with van der Waals surface area (Å²) in [6.45, 7) is 4.95. The molecule has 0 fully saturated rings. The maximum Gasteiger partial charge on any atom is 0.0766 e. The number of benzene rings is 1. The van der Waals surface area contributed by atoms with Gasteiger partial charge in [0.15, 0.2) is 0 Å². The quantitative estimate of drug-likeness (QED) is 0.832. The monoisotopic (exact) mass is 370 g/mol. The average Bonchev–Trinajstić information content (AvgIpc) is 2.75. The van der Waals surface area contributed by atoms with Crippen LogP contribution in [0.4, 0.5) is 0 Å². The van der Waals surface area contributed by atoms with Gasteiger partial charge in [0.25, 0.3) is 0 Å². The molecule has 1 aromatic carbocycles. The lowest BCUT2D eigenvalue weighted by molar-refractivity contribution is 0.172. The number of hydrogen-bond acceptors (Lipinski definition) is 2. The lowest BCUT2D eigenvalue weighted by atomic mass is 10.0. The molecule has 1 atom stereocenters. The lowest BCUT2D eigenvalue weighted by Crippen LogP contribution is -2.17. The molecule has 0 radical (unpaired) electrons. The molecule has 1 N–H and O–H groups in total. The van der Waals surface area contributed by atoms with E-state index in [9.17, 15) is 5.11 Å². The zero-order valence-corrected chi connectivity index (χ0v) is 14.7. The normalized spacial score (nSPS) is 12.6. The molecule has 2 rings (SSSR count). The van der Waals surface area contributed by atoms with Crippen LogP contribution in [0.3, 0.4) is 0 Å². The zero-order valence-electron chi connectivity index (χ0n) is 12.3. The van der Waals surface area contributed by atoms with E-state index in [2.05, 4.69) is 34.9 Å². The van der Waals surface area contributed by atoms with Crippen LogP contribution < -0.4 is 0 Å². The van der Waals surface area contributed by atoms with Crippen LogP contribution in [0.15, 0.2) is 28.7 Å². The van der Waals surface area contributed by atoms with Gasteiger partial charge in [-0.1, -0.05) is 30.7 Å². The van der Waals surface area contributed by atoms with Crippen LogP contribution in [0, 0.1) is 0 Å². The number of aliphatic hydroxyl groups excluding tert-OH is 1. The predicted molar refractivity (Wildman–Crippen MR) is 89.8 cm³/mol. The van der Waals surface area contributed by atoms with Crippen LogP contribution in [0.1, 0.15) is 30.8 Å². The number of rotatable bonds is 6. The third kappa shape index (κ3) is 4.09. The Hall–Kier alpha value is -0.840. The van der Waals surface area contributed by atoms with Crippen LogP contribution in [0.2, 0.25) is 5.02 Å². The summed E-state index contributed by atoms with van der Waals surface area (Å²) in [4.78, 5) is 0. The van der Waals surface area contributed by atoms with E-state index in [-0.39, 0.29) is 0 Å². The predicted octanol–water partition coefficient (Wildman–Crippen LogP) is 4.03. The average molecular weight is 372 g/mol. The Morgan fingerprint density at radius 1 is 1.33 bits per heavy atom. The van der Waals surface area contributed by atoms with Crippen molar-refractivity contribution in [1.29, 1.82) is 0 Å². The summed E-state index contributed by atoms with van der Waals surface area (Å²) < 4.78 is 2.99. The summed E-state index contributed by atoms with van der Waals surface area (Å²) in [5.41, 5.74) is 3.15. The van der Waals surface area contributed by atoms with Crippen LogP contribution in [0.5, 0.6) is 0 Å². The second-order valence-corrected chi connectivity index (χ2v) is 6.30. The minimum Gasteiger partial charge on any atom is -0.392 e. The third-order valence-corrected chi connectivity index (χ3v) is 4.63. The van der Waals surface area contributed by atoms with Gasteiger partial charge in [0.05, 0.1) is 22.0 Å². The Balaban J connectivity index is 2.12. The van der Waals surface area contributed by atoms with Crippen molar-refractivity contribution in [2.45, 2.75) is 45.8 Å².